The summed E-state index contributed by atoms with van der Waals surface area (Å²) >= 11 is 17.9. The second-order valence-electron chi connectivity index (χ2n) is 19.5. The SMILES string of the molecule is ClCCl.O=C(Cc1ccccc1Sc1ccc(-c2ccncc2)cc1)NO.O=C(Cc1ccccc1Sc1ccc(-c2ccncc2)cc1)NOCc1ccccc1.O=C(Cc1ccccc1Sc1ccc(Br)cc1)NOCc1ccccc1.OB(O)c1ccncc1. The molecule has 21 heteroatoms. The first-order valence-electron chi connectivity index (χ1n) is 28.7. The van der Waals surface area contributed by atoms with Gasteiger partial charge in [-0.05, 0) is 159 Å². The molecule has 0 fully saturated rings. The molecule has 0 saturated carbocycles. The van der Waals surface area contributed by atoms with Crippen molar-refractivity contribution in [3.8, 4) is 22.3 Å². The summed E-state index contributed by atoms with van der Waals surface area (Å²) in [5, 5.41) is 26.0. The van der Waals surface area contributed by atoms with Crippen LogP contribution in [-0.4, -0.2) is 60.4 Å². The normalized spacial score (nSPS) is 10.2. The number of amides is 3. The fourth-order valence-corrected chi connectivity index (χ4v) is 11.5. The summed E-state index contributed by atoms with van der Waals surface area (Å²) in [6, 6.07) is 78.9. The van der Waals surface area contributed by atoms with Crippen LogP contribution < -0.4 is 21.9 Å². The number of hydrogen-bond acceptors (Lipinski definition) is 14. The minimum Gasteiger partial charge on any atom is -0.423 e. The summed E-state index contributed by atoms with van der Waals surface area (Å²) < 4.78 is 1.05. The highest BCUT2D eigenvalue weighted by Crippen LogP contribution is 2.35. The van der Waals surface area contributed by atoms with Crippen LogP contribution >= 0.6 is 74.4 Å². The fraction of sp³-hybridized carbons (Fsp3) is 0.0833. The Balaban J connectivity index is 0.000000182. The Kier molecular flexibility index (Phi) is 31.9. The number of benzene rings is 8. The number of nitrogens with one attached hydrogen (secondary N) is 3. The highest BCUT2D eigenvalue weighted by Gasteiger charge is 2.13. The van der Waals surface area contributed by atoms with Crippen LogP contribution in [0, 0.1) is 0 Å². The van der Waals surface area contributed by atoms with Crippen molar-refractivity contribution in [2.45, 2.75) is 61.8 Å². The summed E-state index contributed by atoms with van der Waals surface area (Å²) in [7, 11) is -1.38. The van der Waals surface area contributed by atoms with Crippen LogP contribution in [0.3, 0.4) is 0 Å². The molecule has 0 aliphatic carbocycles. The quantitative estimate of drug-likeness (QED) is 0.0171. The molecule has 3 heterocycles. The summed E-state index contributed by atoms with van der Waals surface area (Å²) in [6.45, 7) is 0.689. The van der Waals surface area contributed by atoms with Gasteiger partial charge in [0.1, 0.15) is 0 Å². The maximum atomic E-state index is 12.4. The van der Waals surface area contributed by atoms with Crippen LogP contribution in [0.2, 0.25) is 0 Å². The van der Waals surface area contributed by atoms with E-state index >= 15 is 0 Å². The number of halogens is 3. The molecular formula is C72H64BBrCl2N6O8S3. The van der Waals surface area contributed by atoms with Gasteiger partial charge < -0.3 is 10.0 Å². The first-order valence-corrected chi connectivity index (χ1v) is 33.0. The highest BCUT2D eigenvalue weighted by molar-refractivity contribution is 9.10. The Morgan fingerprint density at radius 1 is 0.409 bits per heavy atom. The molecule has 93 heavy (non-hydrogen) atoms. The lowest BCUT2D eigenvalue weighted by molar-refractivity contribution is -0.134. The topological polar surface area (TPSA) is 205 Å². The van der Waals surface area contributed by atoms with Crippen LogP contribution in [0.4, 0.5) is 0 Å². The van der Waals surface area contributed by atoms with Gasteiger partial charge in [-0.2, -0.15) is 0 Å². The van der Waals surface area contributed by atoms with E-state index in [1.54, 1.807) is 77.7 Å². The molecule has 6 N–H and O–H groups in total. The van der Waals surface area contributed by atoms with E-state index < -0.39 is 13.0 Å². The molecule has 472 valence electrons. The molecular weight excluding hydrogens is 1330 g/mol. The van der Waals surface area contributed by atoms with Crippen molar-refractivity contribution in [3.63, 3.8) is 0 Å². The van der Waals surface area contributed by atoms with E-state index in [9.17, 15) is 14.4 Å². The average Bonchev–Trinajstić information content (AvgIpc) is 3.09. The van der Waals surface area contributed by atoms with Crippen molar-refractivity contribution in [2.75, 3.05) is 5.34 Å². The molecule has 0 spiro atoms. The number of hydrogen-bond donors (Lipinski definition) is 6. The predicted octanol–water partition coefficient (Wildman–Crippen LogP) is 15.2. The van der Waals surface area contributed by atoms with Crippen molar-refractivity contribution >= 4 is 105 Å². The molecule has 11 rings (SSSR count). The van der Waals surface area contributed by atoms with Gasteiger partial charge in [0.25, 0.3) is 0 Å². The smallest absolute Gasteiger partial charge is 0.423 e. The third kappa shape index (κ3) is 26.6. The molecule has 0 aliphatic rings. The number of carbonyl (C=O) groups excluding carboxylic acids is 3. The van der Waals surface area contributed by atoms with Crippen LogP contribution in [0.25, 0.3) is 22.3 Å². The first kappa shape index (κ1) is 72.0. The lowest BCUT2D eigenvalue weighted by Gasteiger charge is -2.10. The van der Waals surface area contributed by atoms with E-state index in [0.717, 1.165) is 83.9 Å². The lowest BCUT2D eigenvalue weighted by atomic mass is 9.81. The largest absolute Gasteiger partial charge is 0.488 e. The number of pyridine rings is 3. The minimum atomic E-state index is -1.38. The zero-order valence-corrected chi connectivity index (χ0v) is 55.5. The van der Waals surface area contributed by atoms with Gasteiger partial charge >= 0.3 is 7.12 Å². The van der Waals surface area contributed by atoms with Gasteiger partial charge in [-0.3, -0.25) is 44.2 Å². The number of nitrogens with zero attached hydrogens (tertiary/aromatic N) is 3. The van der Waals surface area contributed by atoms with Crippen molar-refractivity contribution in [3.05, 3.63) is 312 Å². The number of aromatic nitrogens is 3. The zero-order valence-electron chi connectivity index (χ0n) is 50.0. The molecule has 0 saturated heterocycles. The molecule has 0 atom stereocenters. The molecule has 0 unspecified atom stereocenters. The van der Waals surface area contributed by atoms with E-state index in [0.29, 0.717) is 18.7 Å². The summed E-state index contributed by atoms with van der Waals surface area (Å²) in [5.74, 6) is -0.752. The standard InChI is InChI=1S/C26H22N2O2S.C21H18BrNO2S.C19H16N2O2S.C5H6BNO2.CH2Cl2/c29-26(28-30-19-20-6-2-1-3-7-20)18-23-8-4-5-9-25(23)31-24-12-10-21(11-13-24)22-14-16-27-17-15-22;22-18-10-12-19(13-11-18)26-20-9-5-4-8-17(20)14-21(24)23-25-15-16-6-2-1-3-7-16;22-19(21-23)13-16-3-1-2-4-18(16)24-17-7-5-14(6-8-17)15-9-11-20-12-10-15;8-6(9)5-1-3-7-4-2-5;2-1-3/h1-17H,18-19H2,(H,28,29);1-13H,14-15H2,(H,23,24);1-12,23H,13H2,(H,21,22);1-4,8-9H;1H2. The van der Waals surface area contributed by atoms with E-state index in [2.05, 4.69) is 103 Å². The highest BCUT2D eigenvalue weighted by atomic mass is 79.9. The number of rotatable bonds is 21. The molecule has 8 aromatic carbocycles. The molecule has 11 aromatic rings. The molecule has 0 bridgehead atoms. The van der Waals surface area contributed by atoms with Gasteiger partial charge in [0, 0.05) is 71.0 Å². The van der Waals surface area contributed by atoms with Crippen molar-refractivity contribution in [2.24, 2.45) is 0 Å². The molecule has 3 aromatic heterocycles. The van der Waals surface area contributed by atoms with Gasteiger partial charge in [0.05, 0.1) is 37.8 Å². The molecule has 0 aliphatic heterocycles. The Morgan fingerprint density at radius 2 is 0.710 bits per heavy atom. The Hall–Kier alpha value is -8.41. The summed E-state index contributed by atoms with van der Waals surface area (Å²) in [6.07, 6.45) is 10.8. The predicted molar refractivity (Wildman–Crippen MR) is 376 cm³/mol. The van der Waals surface area contributed by atoms with Crippen LogP contribution in [-0.2, 0) is 56.5 Å². The van der Waals surface area contributed by atoms with E-state index in [4.69, 9.17) is 48.1 Å². The summed E-state index contributed by atoms with van der Waals surface area (Å²) in [4.78, 5) is 64.9. The van der Waals surface area contributed by atoms with Crippen molar-refractivity contribution in [1.82, 2.24) is 31.4 Å². The van der Waals surface area contributed by atoms with E-state index in [1.165, 1.54) is 12.4 Å². The second-order valence-corrected chi connectivity index (χ2v) is 24.6. The van der Waals surface area contributed by atoms with E-state index in [1.807, 2.05) is 170 Å². The van der Waals surface area contributed by atoms with Gasteiger partial charge in [-0.1, -0.05) is 191 Å². The monoisotopic (exact) mass is 1400 g/mol. The number of hydroxylamine groups is 3. The van der Waals surface area contributed by atoms with Gasteiger partial charge in [0.15, 0.2) is 0 Å². The zero-order chi connectivity index (χ0) is 65.7. The third-order valence-electron chi connectivity index (χ3n) is 12.9. The summed E-state index contributed by atoms with van der Waals surface area (Å²) in [5.41, 5.74) is 16.6. The van der Waals surface area contributed by atoms with Crippen molar-refractivity contribution in [1.29, 1.82) is 0 Å². The average molecular weight is 1400 g/mol. The van der Waals surface area contributed by atoms with Gasteiger partial charge in [0.2, 0.25) is 17.7 Å². The Morgan fingerprint density at radius 3 is 1.04 bits per heavy atom. The van der Waals surface area contributed by atoms with Crippen LogP contribution in [0.5, 0.6) is 0 Å². The molecule has 14 nitrogen and oxygen atoms in total. The number of alkyl halides is 2. The van der Waals surface area contributed by atoms with E-state index in [-0.39, 0.29) is 36.4 Å². The van der Waals surface area contributed by atoms with Crippen LogP contribution in [0.1, 0.15) is 27.8 Å². The molecule has 3 amide bonds. The third-order valence-corrected chi connectivity index (χ3v) is 16.8. The fourth-order valence-electron chi connectivity index (χ4n) is 8.37. The maximum Gasteiger partial charge on any atom is 0.488 e. The first-order chi connectivity index (χ1) is 45.5. The molecule has 0 radical (unpaired) electrons. The number of carbonyl (C=O) groups is 3. The van der Waals surface area contributed by atoms with Crippen molar-refractivity contribution < 1.29 is 39.3 Å². The maximum absolute atomic E-state index is 12.4. The Bertz CT molecular complexity index is 3970. The van der Waals surface area contributed by atoms with Gasteiger partial charge in [-0.25, -0.2) is 16.4 Å². The second kappa shape index (κ2) is 41.2. The Labute approximate surface area is 572 Å². The minimum absolute atomic E-state index is 0.148. The van der Waals surface area contributed by atoms with Crippen LogP contribution in [0.15, 0.2) is 314 Å². The van der Waals surface area contributed by atoms with Gasteiger partial charge in [-0.15, -0.1) is 23.2 Å². The lowest BCUT2D eigenvalue weighted by Crippen LogP contribution is -2.29.